The van der Waals surface area contributed by atoms with Crippen LogP contribution in [-0.4, -0.2) is 22.6 Å². The second-order valence-electron chi connectivity index (χ2n) is 9.10. The van der Waals surface area contributed by atoms with Crippen LogP contribution < -0.4 is 14.9 Å². The summed E-state index contributed by atoms with van der Waals surface area (Å²) < 4.78 is 13.0. The van der Waals surface area contributed by atoms with E-state index < -0.39 is 16.9 Å². The summed E-state index contributed by atoms with van der Waals surface area (Å²) in [4.78, 5) is 42.8. The van der Waals surface area contributed by atoms with Gasteiger partial charge >= 0.3 is 5.97 Å². The monoisotopic (exact) mass is 543 g/mol. The number of rotatable bonds is 6. The zero-order chi connectivity index (χ0) is 27.8. The number of nitro groups is 1. The van der Waals surface area contributed by atoms with Crippen LogP contribution in [-0.2, 0) is 9.53 Å². The van der Waals surface area contributed by atoms with Gasteiger partial charge in [-0.05, 0) is 49.6 Å². The van der Waals surface area contributed by atoms with Gasteiger partial charge in [-0.2, -0.15) is 0 Å². The number of carbonyl (C=O) groups is 1. The number of ether oxygens (including phenoxy) is 1. The van der Waals surface area contributed by atoms with E-state index in [4.69, 9.17) is 9.15 Å². The topological polar surface area (TPSA) is 117 Å². The van der Waals surface area contributed by atoms with Crippen LogP contribution in [0.2, 0.25) is 0 Å². The van der Waals surface area contributed by atoms with Gasteiger partial charge in [-0.25, -0.2) is 9.79 Å². The van der Waals surface area contributed by atoms with Gasteiger partial charge in [-0.3, -0.25) is 19.5 Å². The zero-order valence-electron chi connectivity index (χ0n) is 21.8. The molecule has 0 saturated carbocycles. The molecule has 39 heavy (non-hydrogen) atoms. The standard InChI is InChI=1S/C29H25N3O6S/c1-5-21-25(28(34)37-4)26(18-9-7-6-8-10-18)31-27(33)24(39-29(31)30-21)15-20-11-12-23(38-20)19-13-16(2)17(3)22(14-19)32(35)36/h6-15,26H,5H2,1-4H3/b24-15+/t26-/m0/s1. The Balaban J connectivity index is 1.64. The summed E-state index contributed by atoms with van der Waals surface area (Å²) in [6, 6.07) is 15.4. The minimum absolute atomic E-state index is 0.0188. The highest BCUT2D eigenvalue weighted by atomic mass is 32.1. The highest BCUT2D eigenvalue weighted by Gasteiger charge is 2.33. The molecule has 0 spiro atoms. The van der Waals surface area contributed by atoms with Crippen LogP contribution in [0.15, 0.2) is 80.1 Å². The van der Waals surface area contributed by atoms with E-state index in [9.17, 15) is 19.7 Å². The normalized spacial score (nSPS) is 15.2. The second kappa shape index (κ2) is 10.3. The van der Waals surface area contributed by atoms with E-state index in [1.807, 2.05) is 50.2 Å². The number of carbonyl (C=O) groups excluding carboxylic acids is 1. The van der Waals surface area contributed by atoms with Crippen molar-refractivity contribution in [1.82, 2.24) is 4.57 Å². The highest BCUT2D eigenvalue weighted by molar-refractivity contribution is 7.07. The third-order valence-corrected chi connectivity index (χ3v) is 7.77. The molecule has 10 heteroatoms. The molecular formula is C29H25N3O6S. The smallest absolute Gasteiger partial charge is 0.338 e. The van der Waals surface area contributed by atoms with Crippen LogP contribution in [0.3, 0.4) is 0 Å². The molecule has 1 aliphatic rings. The number of esters is 1. The number of aromatic nitrogens is 1. The van der Waals surface area contributed by atoms with Crippen LogP contribution in [0, 0.1) is 24.0 Å². The van der Waals surface area contributed by atoms with E-state index in [1.165, 1.54) is 29.1 Å². The second-order valence-corrected chi connectivity index (χ2v) is 10.1. The summed E-state index contributed by atoms with van der Waals surface area (Å²) in [6.45, 7) is 5.43. The van der Waals surface area contributed by atoms with Gasteiger partial charge in [0.25, 0.3) is 11.2 Å². The number of hydrogen-bond acceptors (Lipinski definition) is 8. The number of nitro benzene ring substituents is 1. The molecule has 1 aliphatic heterocycles. The maximum atomic E-state index is 13.7. The Bertz CT molecular complexity index is 1830. The first-order valence-electron chi connectivity index (χ1n) is 12.3. The van der Waals surface area contributed by atoms with Crippen LogP contribution in [0.25, 0.3) is 17.4 Å². The Morgan fingerprint density at radius 3 is 2.62 bits per heavy atom. The number of furan rings is 1. The van der Waals surface area contributed by atoms with Crippen molar-refractivity contribution >= 4 is 29.1 Å². The molecule has 2 aromatic heterocycles. The highest BCUT2D eigenvalue weighted by Crippen LogP contribution is 2.32. The lowest BCUT2D eigenvalue weighted by molar-refractivity contribution is -0.385. The maximum Gasteiger partial charge on any atom is 0.338 e. The predicted octanol–water partition coefficient (Wildman–Crippen LogP) is 4.58. The third-order valence-electron chi connectivity index (χ3n) is 6.79. The van der Waals surface area contributed by atoms with Crippen LogP contribution in [0.1, 0.15) is 41.8 Å². The fourth-order valence-corrected chi connectivity index (χ4v) is 5.70. The molecule has 4 aromatic rings. The predicted molar refractivity (Wildman–Crippen MR) is 147 cm³/mol. The minimum Gasteiger partial charge on any atom is -0.466 e. The van der Waals surface area contributed by atoms with Gasteiger partial charge in [0.05, 0.1) is 33.9 Å². The number of methoxy groups -OCH3 is 1. The first kappa shape index (κ1) is 26.1. The molecule has 0 bridgehead atoms. The molecule has 0 unspecified atom stereocenters. The van der Waals surface area contributed by atoms with Crippen molar-refractivity contribution in [3.05, 3.63) is 118 Å². The van der Waals surface area contributed by atoms with E-state index >= 15 is 0 Å². The van der Waals surface area contributed by atoms with Gasteiger partial charge in [0.15, 0.2) is 4.80 Å². The minimum atomic E-state index is -0.685. The van der Waals surface area contributed by atoms with Crippen molar-refractivity contribution in [1.29, 1.82) is 0 Å². The Hall–Kier alpha value is -4.57. The van der Waals surface area contributed by atoms with Crippen molar-refractivity contribution in [3.63, 3.8) is 0 Å². The number of nitrogens with zero attached hydrogens (tertiary/aromatic N) is 3. The van der Waals surface area contributed by atoms with E-state index in [2.05, 4.69) is 4.99 Å². The van der Waals surface area contributed by atoms with E-state index in [0.717, 1.165) is 11.1 Å². The van der Waals surface area contributed by atoms with Gasteiger partial charge < -0.3 is 9.15 Å². The van der Waals surface area contributed by atoms with Crippen LogP contribution in [0.5, 0.6) is 0 Å². The molecule has 5 rings (SSSR count). The molecule has 0 amide bonds. The molecule has 9 nitrogen and oxygen atoms in total. The van der Waals surface area contributed by atoms with Crippen LogP contribution >= 0.6 is 11.3 Å². The molecule has 0 radical (unpaired) electrons. The van der Waals surface area contributed by atoms with Crippen molar-refractivity contribution in [2.24, 2.45) is 4.99 Å². The number of hydrogen-bond donors (Lipinski definition) is 0. The number of benzene rings is 2. The Labute approximate surface area is 227 Å². The fraction of sp³-hybridized carbons (Fsp3) is 0.207. The Kier molecular flexibility index (Phi) is 6.88. The number of aryl methyl sites for hydroxylation is 1. The molecular weight excluding hydrogens is 518 g/mol. The third kappa shape index (κ3) is 4.63. The van der Waals surface area contributed by atoms with Crippen molar-refractivity contribution in [2.75, 3.05) is 7.11 Å². The van der Waals surface area contributed by atoms with Gasteiger partial charge in [-0.15, -0.1) is 0 Å². The molecule has 198 valence electrons. The van der Waals surface area contributed by atoms with Gasteiger partial charge in [0, 0.05) is 23.3 Å². The summed E-state index contributed by atoms with van der Waals surface area (Å²) in [5.74, 6) is 0.329. The Morgan fingerprint density at radius 1 is 1.21 bits per heavy atom. The summed E-state index contributed by atoms with van der Waals surface area (Å²) in [5, 5.41) is 11.5. The Morgan fingerprint density at radius 2 is 1.95 bits per heavy atom. The molecule has 0 fully saturated rings. The van der Waals surface area contributed by atoms with E-state index in [0.29, 0.717) is 49.7 Å². The maximum absolute atomic E-state index is 13.7. The lowest BCUT2D eigenvalue weighted by atomic mass is 9.95. The van der Waals surface area contributed by atoms with E-state index in [1.54, 1.807) is 25.1 Å². The molecule has 0 saturated heterocycles. The lowest BCUT2D eigenvalue weighted by Crippen LogP contribution is -2.40. The summed E-state index contributed by atoms with van der Waals surface area (Å²) in [5.41, 5.74) is 3.33. The summed E-state index contributed by atoms with van der Waals surface area (Å²) >= 11 is 1.20. The first-order chi connectivity index (χ1) is 18.7. The quantitative estimate of drug-likeness (QED) is 0.200. The number of thiazole rings is 1. The number of fused-ring (bicyclic) bond motifs is 1. The molecule has 2 aromatic carbocycles. The van der Waals surface area contributed by atoms with E-state index in [-0.39, 0.29) is 11.2 Å². The molecule has 3 heterocycles. The molecule has 1 atom stereocenters. The summed E-state index contributed by atoms with van der Waals surface area (Å²) in [7, 11) is 1.31. The van der Waals surface area contributed by atoms with Gasteiger partial charge in [0.1, 0.15) is 11.5 Å². The van der Waals surface area contributed by atoms with Gasteiger partial charge in [0.2, 0.25) is 0 Å². The first-order valence-corrected chi connectivity index (χ1v) is 13.1. The lowest BCUT2D eigenvalue weighted by Gasteiger charge is -2.25. The van der Waals surface area contributed by atoms with Crippen LogP contribution in [0.4, 0.5) is 5.69 Å². The zero-order valence-corrected chi connectivity index (χ0v) is 22.6. The van der Waals surface area contributed by atoms with Crippen molar-refractivity contribution in [2.45, 2.75) is 33.2 Å². The largest absolute Gasteiger partial charge is 0.466 e. The molecule has 0 N–H and O–H groups in total. The fourth-order valence-electron chi connectivity index (χ4n) is 4.70. The van der Waals surface area contributed by atoms with Crippen molar-refractivity contribution < 1.29 is 18.9 Å². The average Bonchev–Trinajstić information content (AvgIpc) is 3.53. The SMILES string of the molecule is CCC1=C(C(=O)OC)[C@H](c2ccccc2)n2c(s/c(=C/c3ccc(-c4cc(C)c(C)c([N+](=O)[O-])c4)o3)c2=O)=N1. The summed E-state index contributed by atoms with van der Waals surface area (Å²) in [6.07, 6.45) is 2.11. The van der Waals surface area contributed by atoms with Crippen molar-refractivity contribution in [3.8, 4) is 11.3 Å². The molecule has 0 aliphatic carbocycles. The van der Waals surface area contributed by atoms with Gasteiger partial charge in [-0.1, -0.05) is 48.6 Å². The number of allylic oxidation sites excluding steroid dienone is 1. The average molecular weight is 544 g/mol.